The second kappa shape index (κ2) is 8.91. The minimum absolute atomic E-state index is 0.0140. The zero-order chi connectivity index (χ0) is 19.2. The van der Waals surface area contributed by atoms with Crippen LogP contribution >= 0.6 is 0 Å². The van der Waals surface area contributed by atoms with Gasteiger partial charge in [-0.15, -0.1) is 0 Å². The Balaban J connectivity index is 1.77. The molecule has 1 heterocycles. The summed E-state index contributed by atoms with van der Waals surface area (Å²) < 4.78 is 10.8. The SMILES string of the molecule is COc1cccc(C(C)CC(=O)N2CCNCC2c2ccccc2OC)c1. The second-order valence-electron chi connectivity index (χ2n) is 6.93. The third-order valence-electron chi connectivity index (χ3n) is 5.21. The van der Waals surface area contributed by atoms with E-state index >= 15 is 0 Å². The van der Waals surface area contributed by atoms with Gasteiger partial charge in [-0.05, 0) is 29.7 Å². The van der Waals surface area contributed by atoms with Gasteiger partial charge in [0.15, 0.2) is 0 Å². The summed E-state index contributed by atoms with van der Waals surface area (Å²) in [5.74, 6) is 1.94. The Morgan fingerprint density at radius 3 is 2.78 bits per heavy atom. The van der Waals surface area contributed by atoms with Gasteiger partial charge >= 0.3 is 0 Å². The number of ether oxygens (including phenoxy) is 2. The quantitative estimate of drug-likeness (QED) is 0.849. The summed E-state index contributed by atoms with van der Waals surface area (Å²) in [6, 6.07) is 15.9. The van der Waals surface area contributed by atoms with Crippen molar-refractivity contribution in [1.29, 1.82) is 0 Å². The number of methoxy groups -OCH3 is 2. The van der Waals surface area contributed by atoms with Crippen LogP contribution in [-0.2, 0) is 4.79 Å². The lowest BCUT2D eigenvalue weighted by Gasteiger charge is -2.37. The van der Waals surface area contributed by atoms with Crippen LogP contribution < -0.4 is 14.8 Å². The van der Waals surface area contributed by atoms with Crippen LogP contribution in [0.5, 0.6) is 11.5 Å². The molecule has 0 saturated carbocycles. The summed E-state index contributed by atoms with van der Waals surface area (Å²) in [4.78, 5) is 15.1. The zero-order valence-electron chi connectivity index (χ0n) is 16.3. The van der Waals surface area contributed by atoms with Crippen LogP contribution in [0.15, 0.2) is 48.5 Å². The first-order chi connectivity index (χ1) is 13.1. The summed E-state index contributed by atoms with van der Waals surface area (Å²) in [5.41, 5.74) is 2.17. The molecule has 0 bridgehead atoms. The molecule has 0 aliphatic carbocycles. The molecule has 1 N–H and O–H groups in total. The van der Waals surface area contributed by atoms with Crippen molar-refractivity contribution in [2.45, 2.75) is 25.3 Å². The van der Waals surface area contributed by atoms with Crippen LogP contribution in [-0.4, -0.2) is 44.7 Å². The highest BCUT2D eigenvalue weighted by Crippen LogP contribution is 2.32. The van der Waals surface area contributed by atoms with Crippen molar-refractivity contribution >= 4 is 5.91 Å². The Morgan fingerprint density at radius 1 is 1.19 bits per heavy atom. The molecule has 0 spiro atoms. The fraction of sp³-hybridized carbons (Fsp3) is 0.409. The van der Waals surface area contributed by atoms with Crippen LogP contribution in [0, 0.1) is 0 Å². The lowest BCUT2D eigenvalue weighted by molar-refractivity contribution is -0.134. The molecule has 5 heteroatoms. The molecule has 27 heavy (non-hydrogen) atoms. The maximum atomic E-state index is 13.1. The van der Waals surface area contributed by atoms with Crippen LogP contribution in [0.25, 0.3) is 0 Å². The van der Waals surface area contributed by atoms with Gasteiger partial charge in [-0.1, -0.05) is 37.3 Å². The lowest BCUT2D eigenvalue weighted by atomic mass is 9.95. The first-order valence-corrected chi connectivity index (χ1v) is 9.41. The lowest BCUT2D eigenvalue weighted by Crippen LogP contribution is -2.49. The van der Waals surface area contributed by atoms with Crippen molar-refractivity contribution in [2.24, 2.45) is 0 Å². The predicted octanol–water partition coefficient (Wildman–Crippen LogP) is 3.37. The number of hydrogen-bond donors (Lipinski definition) is 1. The molecule has 0 radical (unpaired) electrons. The van der Waals surface area contributed by atoms with Crippen LogP contribution in [0.1, 0.15) is 36.4 Å². The number of carbonyl (C=O) groups is 1. The topological polar surface area (TPSA) is 50.8 Å². The average molecular weight is 368 g/mol. The average Bonchev–Trinajstić information content (AvgIpc) is 2.73. The molecule has 1 aliphatic heterocycles. The van der Waals surface area contributed by atoms with E-state index in [0.29, 0.717) is 13.0 Å². The van der Waals surface area contributed by atoms with Crippen molar-refractivity contribution in [3.05, 3.63) is 59.7 Å². The van der Waals surface area contributed by atoms with E-state index in [-0.39, 0.29) is 17.9 Å². The normalized spacial score (nSPS) is 18.0. The first kappa shape index (κ1) is 19.2. The van der Waals surface area contributed by atoms with E-state index in [1.165, 1.54) is 0 Å². The highest BCUT2D eigenvalue weighted by Gasteiger charge is 2.30. The number of carbonyl (C=O) groups excluding carboxylic acids is 1. The minimum atomic E-state index is -0.0140. The molecule has 5 nitrogen and oxygen atoms in total. The number of benzene rings is 2. The number of nitrogens with zero attached hydrogens (tertiary/aromatic N) is 1. The largest absolute Gasteiger partial charge is 0.497 e. The Bertz CT molecular complexity index is 778. The number of piperazine rings is 1. The number of rotatable bonds is 6. The van der Waals surface area contributed by atoms with Gasteiger partial charge in [0.25, 0.3) is 0 Å². The second-order valence-corrected chi connectivity index (χ2v) is 6.93. The Kier molecular flexibility index (Phi) is 6.35. The number of nitrogens with one attached hydrogen (secondary N) is 1. The first-order valence-electron chi connectivity index (χ1n) is 9.41. The van der Waals surface area contributed by atoms with Crippen molar-refractivity contribution in [1.82, 2.24) is 10.2 Å². The Labute approximate surface area is 161 Å². The fourth-order valence-corrected chi connectivity index (χ4v) is 3.67. The van der Waals surface area contributed by atoms with Gasteiger partial charge in [-0.25, -0.2) is 0 Å². The summed E-state index contributed by atoms with van der Waals surface area (Å²) in [6.45, 7) is 4.34. The molecule has 1 aliphatic rings. The van der Waals surface area contributed by atoms with E-state index < -0.39 is 0 Å². The van der Waals surface area contributed by atoms with Gasteiger partial charge in [0, 0.05) is 31.6 Å². The standard InChI is InChI=1S/C22H28N2O3/c1-16(17-7-6-8-18(14-17)26-2)13-22(25)24-12-11-23-15-20(24)19-9-4-5-10-21(19)27-3/h4-10,14,16,20,23H,11-13,15H2,1-3H3. The van der Waals surface area contributed by atoms with E-state index in [1.807, 2.05) is 47.4 Å². The van der Waals surface area contributed by atoms with Gasteiger partial charge in [-0.3, -0.25) is 4.79 Å². The maximum absolute atomic E-state index is 13.1. The van der Waals surface area contributed by atoms with E-state index in [9.17, 15) is 4.79 Å². The van der Waals surface area contributed by atoms with Gasteiger partial charge in [0.05, 0.1) is 20.3 Å². The summed E-state index contributed by atoms with van der Waals surface area (Å²) in [5, 5.41) is 3.40. The summed E-state index contributed by atoms with van der Waals surface area (Å²) in [7, 11) is 3.33. The molecule has 2 aromatic rings. The fourth-order valence-electron chi connectivity index (χ4n) is 3.67. The van der Waals surface area contributed by atoms with Crippen molar-refractivity contribution < 1.29 is 14.3 Å². The maximum Gasteiger partial charge on any atom is 0.223 e. The van der Waals surface area contributed by atoms with Gasteiger partial charge < -0.3 is 19.7 Å². The van der Waals surface area contributed by atoms with Crippen LogP contribution in [0.2, 0.25) is 0 Å². The predicted molar refractivity (Wildman–Crippen MR) is 106 cm³/mol. The van der Waals surface area contributed by atoms with Crippen LogP contribution in [0.3, 0.4) is 0 Å². The van der Waals surface area contributed by atoms with E-state index in [0.717, 1.165) is 35.7 Å². The van der Waals surface area contributed by atoms with Crippen molar-refractivity contribution in [3.8, 4) is 11.5 Å². The Morgan fingerprint density at radius 2 is 2.00 bits per heavy atom. The van der Waals surface area contributed by atoms with Crippen molar-refractivity contribution in [3.63, 3.8) is 0 Å². The summed E-state index contributed by atoms with van der Waals surface area (Å²) >= 11 is 0. The molecule has 1 fully saturated rings. The molecule has 2 aromatic carbocycles. The number of amides is 1. The van der Waals surface area contributed by atoms with E-state index in [2.05, 4.69) is 18.3 Å². The van der Waals surface area contributed by atoms with Crippen LogP contribution in [0.4, 0.5) is 0 Å². The zero-order valence-corrected chi connectivity index (χ0v) is 16.3. The van der Waals surface area contributed by atoms with E-state index in [4.69, 9.17) is 9.47 Å². The van der Waals surface area contributed by atoms with Gasteiger partial charge in [0.1, 0.15) is 11.5 Å². The molecule has 3 rings (SSSR count). The van der Waals surface area contributed by atoms with Gasteiger partial charge in [0.2, 0.25) is 5.91 Å². The van der Waals surface area contributed by atoms with Crippen molar-refractivity contribution in [2.75, 3.05) is 33.9 Å². The molecular formula is C22H28N2O3. The molecule has 144 valence electrons. The number of hydrogen-bond acceptors (Lipinski definition) is 4. The minimum Gasteiger partial charge on any atom is -0.497 e. The third-order valence-corrected chi connectivity index (χ3v) is 5.21. The molecule has 1 amide bonds. The molecule has 0 aromatic heterocycles. The third kappa shape index (κ3) is 4.42. The highest BCUT2D eigenvalue weighted by atomic mass is 16.5. The molecule has 1 saturated heterocycles. The smallest absolute Gasteiger partial charge is 0.223 e. The highest BCUT2D eigenvalue weighted by molar-refractivity contribution is 5.78. The Hall–Kier alpha value is -2.53. The molecule has 2 unspecified atom stereocenters. The molecule has 2 atom stereocenters. The molecular weight excluding hydrogens is 340 g/mol. The number of para-hydroxylation sites is 1. The summed E-state index contributed by atoms with van der Waals surface area (Å²) in [6.07, 6.45) is 0.471. The van der Waals surface area contributed by atoms with Gasteiger partial charge in [-0.2, -0.15) is 0 Å². The van der Waals surface area contributed by atoms with E-state index in [1.54, 1.807) is 14.2 Å². The monoisotopic (exact) mass is 368 g/mol.